The molecule has 23 heavy (non-hydrogen) atoms. The van der Waals surface area contributed by atoms with Gasteiger partial charge in [-0.1, -0.05) is 18.2 Å². The Labute approximate surface area is 133 Å². The summed E-state index contributed by atoms with van der Waals surface area (Å²) in [6, 6.07) is 7.17. The summed E-state index contributed by atoms with van der Waals surface area (Å²) < 4.78 is 1.70. The molecule has 2 aromatic heterocycles. The average Bonchev–Trinajstić information content (AvgIpc) is 2.93. The SMILES string of the molecule is Cc1cccc(-c2cc(-c3cnn(C)c3)cnc2N)c1C(=O)O. The van der Waals surface area contributed by atoms with Crippen LogP contribution in [0.4, 0.5) is 5.82 Å². The Bertz CT molecular complexity index is 899. The first kappa shape index (κ1) is 14.8. The molecule has 0 spiro atoms. The summed E-state index contributed by atoms with van der Waals surface area (Å²) in [6.45, 7) is 1.77. The summed E-state index contributed by atoms with van der Waals surface area (Å²) in [5.74, 6) is -0.685. The molecule has 3 N–H and O–H groups in total. The number of carboxylic acids is 1. The number of nitrogen functional groups attached to an aromatic ring is 1. The summed E-state index contributed by atoms with van der Waals surface area (Å²) >= 11 is 0. The van der Waals surface area contributed by atoms with Gasteiger partial charge in [0.2, 0.25) is 0 Å². The van der Waals surface area contributed by atoms with E-state index < -0.39 is 5.97 Å². The van der Waals surface area contributed by atoms with E-state index in [2.05, 4.69) is 10.1 Å². The number of carbonyl (C=O) groups is 1. The smallest absolute Gasteiger partial charge is 0.336 e. The number of aromatic nitrogens is 3. The quantitative estimate of drug-likeness (QED) is 0.776. The molecular formula is C17H16N4O2. The van der Waals surface area contributed by atoms with Crippen LogP contribution in [0.25, 0.3) is 22.3 Å². The highest BCUT2D eigenvalue weighted by molar-refractivity contribution is 5.99. The molecule has 0 aliphatic rings. The number of carboxylic acid groups (broad SMARTS) is 1. The molecule has 1 aromatic carbocycles. The van der Waals surface area contributed by atoms with E-state index in [1.54, 1.807) is 36.1 Å². The van der Waals surface area contributed by atoms with Crippen LogP contribution >= 0.6 is 0 Å². The standard InChI is InChI=1S/C17H16N4O2/c1-10-4-3-5-13(15(10)17(22)23)14-6-11(7-19-16(14)18)12-8-20-21(2)9-12/h3-9H,1-2H3,(H2,18,19)(H,22,23). The van der Waals surface area contributed by atoms with Gasteiger partial charge in [-0.05, 0) is 18.6 Å². The first-order valence-electron chi connectivity index (χ1n) is 7.05. The third-order valence-corrected chi connectivity index (χ3v) is 3.73. The van der Waals surface area contributed by atoms with Crippen molar-refractivity contribution < 1.29 is 9.90 Å². The third-order valence-electron chi connectivity index (χ3n) is 3.73. The van der Waals surface area contributed by atoms with E-state index in [4.69, 9.17) is 5.73 Å². The van der Waals surface area contributed by atoms with Crippen molar-refractivity contribution in [3.8, 4) is 22.3 Å². The van der Waals surface area contributed by atoms with Gasteiger partial charge in [0.25, 0.3) is 0 Å². The minimum atomic E-state index is -0.982. The Hall–Kier alpha value is -3.15. The Morgan fingerprint density at radius 3 is 2.65 bits per heavy atom. The molecule has 116 valence electrons. The molecule has 0 saturated heterocycles. The fraction of sp³-hybridized carbons (Fsp3) is 0.118. The molecule has 0 saturated carbocycles. The zero-order valence-electron chi connectivity index (χ0n) is 12.8. The Morgan fingerprint density at radius 1 is 1.22 bits per heavy atom. The van der Waals surface area contributed by atoms with Gasteiger partial charge in [-0.15, -0.1) is 0 Å². The lowest BCUT2D eigenvalue weighted by Crippen LogP contribution is -2.04. The van der Waals surface area contributed by atoms with E-state index in [1.807, 2.05) is 25.4 Å². The number of nitrogens with two attached hydrogens (primary N) is 1. The number of benzene rings is 1. The topological polar surface area (TPSA) is 94.0 Å². The van der Waals surface area contributed by atoms with Gasteiger partial charge in [-0.25, -0.2) is 9.78 Å². The number of hydrogen-bond donors (Lipinski definition) is 2. The molecule has 3 rings (SSSR count). The normalized spacial score (nSPS) is 10.7. The molecule has 6 nitrogen and oxygen atoms in total. The predicted octanol–water partition coefficient (Wildman–Crippen LogP) is 2.74. The maximum absolute atomic E-state index is 11.6. The van der Waals surface area contributed by atoms with Crippen LogP contribution in [0.2, 0.25) is 0 Å². The molecular weight excluding hydrogens is 292 g/mol. The molecule has 0 radical (unpaired) electrons. The van der Waals surface area contributed by atoms with E-state index in [1.165, 1.54) is 0 Å². The van der Waals surface area contributed by atoms with Crippen LogP contribution in [0.3, 0.4) is 0 Å². The van der Waals surface area contributed by atoms with Crippen molar-refractivity contribution in [3.05, 3.63) is 54.0 Å². The average molecular weight is 308 g/mol. The van der Waals surface area contributed by atoms with Crippen molar-refractivity contribution in [3.63, 3.8) is 0 Å². The van der Waals surface area contributed by atoms with Crippen LogP contribution in [-0.2, 0) is 7.05 Å². The van der Waals surface area contributed by atoms with Crippen molar-refractivity contribution >= 4 is 11.8 Å². The number of pyridine rings is 1. The maximum Gasteiger partial charge on any atom is 0.336 e. The number of rotatable bonds is 3. The molecule has 0 amide bonds. The summed E-state index contributed by atoms with van der Waals surface area (Å²) in [4.78, 5) is 15.8. The van der Waals surface area contributed by atoms with Gasteiger partial charge in [0, 0.05) is 41.7 Å². The highest BCUT2D eigenvalue weighted by Gasteiger charge is 2.17. The van der Waals surface area contributed by atoms with Crippen molar-refractivity contribution in [2.45, 2.75) is 6.92 Å². The summed E-state index contributed by atoms with van der Waals surface area (Å²) in [7, 11) is 1.83. The fourth-order valence-electron chi connectivity index (χ4n) is 2.60. The number of aromatic carboxylic acids is 1. The largest absolute Gasteiger partial charge is 0.478 e. The fourth-order valence-corrected chi connectivity index (χ4v) is 2.60. The van der Waals surface area contributed by atoms with Crippen molar-refractivity contribution in [1.29, 1.82) is 0 Å². The number of nitrogens with zero attached hydrogens (tertiary/aromatic N) is 3. The lowest BCUT2D eigenvalue weighted by Gasteiger charge is -2.12. The molecule has 0 bridgehead atoms. The third kappa shape index (κ3) is 2.66. The van der Waals surface area contributed by atoms with Crippen LogP contribution < -0.4 is 5.73 Å². The van der Waals surface area contributed by atoms with Gasteiger partial charge in [0.15, 0.2) is 0 Å². The Balaban J connectivity index is 2.21. The number of hydrogen-bond acceptors (Lipinski definition) is 4. The van der Waals surface area contributed by atoms with Gasteiger partial charge in [0.1, 0.15) is 5.82 Å². The monoisotopic (exact) mass is 308 g/mol. The summed E-state index contributed by atoms with van der Waals surface area (Å²) in [5.41, 5.74) is 9.82. The van der Waals surface area contributed by atoms with Crippen molar-refractivity contribution in [2.75, 3.05) is 5.73 Å². The maximum atomic E-state index is 11.6. The van der Waals surface area contributed by atoms with Crippen molar-refractivity contribution in [1.82, 2.24) is 14.8 Å². The molecule has 0 atom stereocenters. The summed E-state index contributed by atoms with van der Waals surface area (Å²) in [6.07, 6.45) is 5.25. The second kappa shape index (κ2) is 5.57. The summed E-state index contributed by atoms with van der Waals surface area (Å²) in [5, 5.41) is 13.7. The second-order valence-electron chi connectivity index (χ2n) is 5.36. The molecule has 6 heteroatoms. The lowest BCUT2D eigenvalue weighted by molar-refractivity contribution is 0.0697. The van der Waals surface area contributed by atoms with Crippen LogP contribution in [0, 0.1) is 6.92 Å². The first-order valence-corrected chi connectivity index (χ1v) is 7.05. The lowest BCUT2D eigenvalue weighted by atomic mass is 9.95. The van der Waals surface area contributed by atoms with E-state index in [9.17, 15) is 9.90 Å². The molecule has 0 fully saturated rings. The molecule has 0 aliphatic heterocycles. The van der Waals surface area contributed by atoms with Crippen LogP contribution in [-0.4, -0.2) is 25.8 Å². The van der Waals surface area contributed by atoms with Gasteiger partial charge >= 0.3 is 5.97 Å². The van der Waals surface area contributed by atoms with E-state index in [-0.39, 0.29) is 5.56 Å². The highest BCUT2D eigenvalue weighted by atomic mass is 16.4. The minimum absolute atomic E-state index is 0.240. The number of anilines is 1. The van der Waals surface area contributed by atoms with E-state index in [0.717, 1.165) is 11.1 Å². The molecule has 0 unspecified atom stereocenters. The molecule has 2 heterocycles. The highest BCUT2D eigenvalue weighted by Crippen LogP contribution is 2.32. The van der Waals surface area contributed by atoms with Crippen LogP contribution in [0.15, 0.2) is 42.9 Å². The van der Waals surface area contributed by atoms with Crippen LogP contribution in [0.5, 0.6) is 0 Å². The zero-order chi connectivity index (χ0) is 16.6. The van der Waals surface area contributed by atoms with E-state index in [0.29, 0.717) is 22.5 Å². The molecule has 3 aromatic rings. The van der Waals surface area contributed by atoms with Gasteiger partial charge in [-0.3, -0.25) is 4.68 Å². The van der Waals surface area contributed by atoms with Crippen molar-refractivity contribution in [2.24, 2.45) is 7.05 Å². The van der Waals surface area contributed by atoms with E-state index >= 15 is 0 Å². The first-order chi connectivity index (χ1) is 11.0. The Kier molecular flexibility index (Phi) is 3.57. The second-order valence-corrected chi connectivity index (χ2v) is 5.36. The zero-order valence-corrected chi connectivity index (χ0v) is 12.8. The van der Waals surface area contributed by atoms with Gasteiger partial charge < -0.3 is 10.8 Å². The molecule has 0 aliphatic carbocycles. The Morgan fingerprint density at radius 2 is 2.00 bits per heavy atom. The van der Waals surface area contributed by atoms with Gasteiger partial charge in [-0.2, -0.15) is 5.10 Å². The van der Waals surface area contributed by atoms with Crippen LogP contribution in [0.1, 0.15) is 15.9 Å². The minimum Gasteiger partial charge on any atom is -0.478 e. The predicted molar refractivity (Wildman–Crippen MR) is 88.0 cm³/mol. The number of aryl methyl sites for hydroxylation is 2. The van der Waals surface area contributed by atoms with Gasteiger partial charge in [0.05, 0.1) is 11.8 Å².